The predicted octanol–water partition coefficient (Wildman–Crippen LogP) is 3.25. The van der Waals surface area contributed by atoms with E-state index in [0.29, 0.717) is 36.0 Å². The highest BCUT2D eigenvalue weighted by molar-refractivity contribution is 7.97. The highest BCUT2D eigenvalue weighted by atomic mass is 32.2. The summed E-state index contributed by atoms with van der Waals surface area (Å²) in [5.41, 5.74) is 1.34. The van der Waals surface area contributed by atoms with Gasteiger partial charge >= 0.3 is 0 Å². The number of ether oxygens (including phenoxy) is 3. The van der Waals surface area contributed by atoms with Crippen LogP contribution in [-0.4, -0.2) is 25.8 Å². The van der Waals surface area contributed by atoms with E-state index in [1.54, 1.807) is 20.3 Å². The maximum Gasteiger partial charge on any atom is 0.260 e. The zero-order chi connectivity index (χ0) is 16.2. The molecule has 0 amide bonds. The van der Waals surface area contributed by atoms with Gasteiger partial charge in [-0.05, 0) is 48.0 Å². The number of rotatable bonds is 7. The molecule has 5 nitrogen and oxygen atoms in total. The first-order chi connectivity index (χ1) is 11.2. The van der Waals surface area contributed by atoms with Crippen molar-refractivity contribution >= 4 is 11.9 Å². The third-order valence-electron chi connectivity index (χ3n) is 4.02. The Kier molecular flexibility index (Phi) is 4.93. The van der Waals surface area contributed by atoms with Gasteiger partial charge < -0.3 is 14.2 Å². The molecule has 1 aromatic carbocycles. The molecule has 2 N–H and O–H groups in total. The molecule has 0 unspecified atom stereocenters. The van der Waals surface area contributed by atoms with Crippen LogP contribution >= 0.6 is 11.9 Å². The smallest absolute Gasteiger partial charge is 0.260 e. The van der Waals surface area contributed by atoms with Gasteiger partial charge in [0, 0.05) is 16.9 Å². The maximum atomic E-state index is 5.88. The Labute approximate surface area is 140 Å². The van der Waals surface area contributed by atoms with Crippen molar-refractivity contribution in [3.8, 4) is 17.5 Å². The first kappa shape index (κ1) is 16.0. The molecule has 122 valence electrons. The van der Waals surface area contributed by atoms with E-state index in [9.17, 15) is 0 Å². The SMILES string of the molecule is COc1ccc(OC[C@@H]2C[C@H]2c2ccc(SN)cc2)c(OC)n1. The molecule has 1 aliphatic carbocycles. The number of hydrogen-bond acceptors (Lipinski definition) is 6. The maximum absolute atomic E-state index is 5.88. The molecule has 2 aromatic rings. The Morgan fingerprint density at radius 3 is 2.57 bits per heavy atom. The fourth-order valence-electron chi connectivity index (χ4n) is 2.61. The van der Waals surface area contributed by atoms with Crippen LogP contribution < -0.4 is 19.3 Å². The second-order valence-electron chi connectivity index (χ2n) is 5.46. The molecule has 0 saturated heterocycles. The minimum Gasteiger partial charge on any atom is -0.488 e. The summed E-state index contributed by atoms with van der Waals surface area (Å²) in [5, 5.41) is 5.55. The average molecular weight is 332 g/mol. The van der Waals surface area contributed by atoms with Crippen LogP contribution in [0.25, 0.3) is 0 Å². The summed E-state index contributed by atoms with van der Waals surface area (Å²) >= 11 is 1.27. The molecule has 1 aromatic heterocycles. The molecule has 23 heavy (non-hydrogen) atoms. The van der Waals surface area contributed by atoms with Crippen LogP contribution in [0, 0.1) is 5.92 Å². The van der Waals surface area contributed by atoms with Gasteiger partial charge in [0.1, 0.15) is 0 Å². The molecule has 2 atom stereocenters. The lowest BCUT2D eigenvalue weighted by Crippen LogP contribution is -2.03. The highest BCUT2D eigenvalue weighted by Crippen LogP contribution is 2.48. The van der Waals surface area contributed by atoms with Gasteiger partial charge in [-0.3, -0.25) is 5.14 Å². The lowest BCUT2D eigenvalue weighted by atomic mass is 10.1. The summed E-state index contributed by atoms with van der Waals surface area (Å²) in [5.74, 6) is 2.69. The molecule has 0 bridgehead atoms. The first-order valence-electron chi connectivity index (χ1n) is 7.43. The van der Waals surface area contributed by atoms with Gasteiger partial charge in [0.2, 0.25) is 5.88 Å². The molecule has 0 radical (unpaired) electrons. The lowest BCUT2D eigenvalue weighted by Gasteiger charge is -2.10. The van der Waals surface area contributed by atoms with Crippen molar-refractivity contribution < 1.29 is 14.2 Å². The zero-order valence-corrected chi connectivity index (χ0v) is 14.0. The average Bonchev–Trinajstić information content (AvgIpc) is 3.39. The van der Waals surface area contributed by atoms with Crippen LogP contribution in [0.15, 0.2) is 41.3 Å². The number of hydrogen-bond donors (Lipinski definition) is 1. The Morgan fingerprint density at radius 1 is 1.13 bits per heavy atom. The molecule has 0 spiro atoms. The highest BCUT2D eigenvalue weighted by Gasteiger charge is 2.39. The fourth-order valence-corrected chi connectivity index (χ4v) is 2.90. The van der Waals surface area contributed by atoms with Crippen LogP contribution in [0.4, 0.5) is 0 Å². The monoisotopic (exact) mass is 332 g/mol. The molecule has 3 rings (SSSR count). The standard InChI is InChI=1S/C17H20N2O3S/c1-20-16-8-7-15(17(19-16)21-2)22-10-12-9-14(12)11-3-5-13(23-18)6-4-11/h3-8,12,14H,9-10,18H2,1-2H3/t12-,14-/m0/s1. The van der Waals surface area contributed by atoms with Gasteiger partial charge in [-0.1, -0.05) is 12.1 Å². The van der Waals surface area contributed by atoms with Crippen molar-refractivity contribution in [1.29, 1.82) is 0 Å². The van der Waals surface area contributed by atoms with Crippen LogP contribution in [0.3, 0.4) is 0 Å². The van der Waals surface area contributed by atoms with E-state index in [2.05, 4.69) is 29.2 Å². The van der Waals surface area contributed by atoms with Crippen molar-refractivity contribution in [3.63, 3.8) is 0 Å². The van der Waals surface area contributed by atoms with Crippen molar-refractivity contribution in [2.24, 2.45) is 11.1 Å². The third kappa shape index (κ3) is 3.71. The van der Waals surface area contributed by atoms with Gasteiger partial charge in [-0.2, -0.15) is 4.98 Å². The van der Waals surface area contributed by atoms with E-state index in [4.69, 9.17) is 19.3 Å². The number of aromatic nitrogens is 1. The van der Waals surface area contributed by atoms with Crippen molar-refractivity contribution in [3.05, 3.63) is 42.0 Å². The fraction of sp³-hybridized carbons (Fsp3) is 0.353. The van der Waals surface area contributed by atoms with Gasteiger partial charge in [0.25, 0.3) is 5.88 Å². The van der Waals surface area contributed by atoms with E-state index in [0.717, 1.165) is 11.3 Å². The van der Waals surface area contributed by atoms with Crippen molar-refractivity contribution in [1.82, 2.24) is 4.98 Å². The van der Waals surface area contributed by atoms with Crippen LogP contribution in [-0.2, 0) is 0 Å². The molecule has 1 fully saturated rings. The first-order valence-corrected chi connectivity index (χ1v) is 8.31. The van der Waals surface area contributed by atoms with Crippen LogP contribution in [0.1, 0.15) is 17.9 Å². The summed E-state index contributed by atoms with van der Waals surface area (Å²) in [4.78, 5) is 5.30. The number of nitrogens with zero attached hydrogens (tertiary/aromatic N) is 1. The van der Waals surface area contributed by atoms with Crippen LogP contribution in [0.5, 0.6) is 17.5 Å². The summed E-state index contributed by atoms with van der Waals surface area (Å²) < 4.78 is 16.2. The van der Waals surface area contributed by atoms with Gasteiger partial charge in [0.05, 0.1) is 20.8 Å². The van der Waals surface area contributed by atoms with Crippen molar-refractivity contribution in [2.45, 2.75) is 17.2 Å². The van der Waals surface area contributed by atoms with E-state index in [1.165, 1.54) is 17.5 Å². The summed E-state index contributed by atoms with van der Waals surface area (Å²) in [6, 6.07) is 12.0. The van der Waals surface area contributed by atoms with Gasteiger partial charge in [-0.25, -0.2) is 0 Å². The Hall–Kier alpha value is -1.92. The van der Waals surface area contributed by atoms with Gasteiger partial charge in [0.15, 0.2) is 5.75 Å². The van der Waals surface area contributed by atoms with E-state index in [1.807, 2.05) is 6.07 Å². The molecular weight excluding hydrogens is 312 g/mol. The van der Waals surface area contributed by atoms with Crippen molar-refractivity contribution in [2.75, 3.05) is 20.8 Å². The van der Waals surface area contributed by atoms with E-state index >= 15 is 0 Å². The normalized spacial score (nSPS) is 19.3. The third-order valence-corrected chi connectivity index (χ3v) is 4.57. The topological polar surface area (TPSA) is 66.6 Å². The minimum absolute atomic E-state index is 0.450. The number of pyridine rings is 1. The Bertz CT molecular complexity index is 663. The summed E-state index contributed by atoms with van der Waals surface area (Å²) in [6.45, 7) is 0.655. The van der Waals surface area contributed by atoms with Gasteiger partial charge in [-0.15, -0.1) is 0 Å². The minimum atomic E-state index is 0.450. The predicted molar refractivity (Wildman–Crippen MR) is 90.2 cm³/mol. The van der Waals surface area contributed by atoms with Crippen LogP contribution in [0.2, 0.25) is 0 Å². The summed E-state index contributed by atoms with van der Waals surface area (Å²) in [7, 11) is 3.15. The molecule has 1 saturated carbocycles. The lowest BCUT2D eigenvalue weighted by molar-refractivity contribution is 0.270. The molecular formula is C17H20N2O3S. The molecule has 1 heterocycles. The largest absolute Gasteiger partial charge is 0.488 e. The quantitative estimate of drug-likeness (QED) is 0.785. The second-order valence-corrected chi connectivity index (χ2v) is 6.17. The number of benzene rings is 1. The Balaban J connectivity index is 1.57. The Morgan fingerprint density at radius 2 is 1.91 bits per heavy atom. The summed E-state index contributed by atoms with van der Waals surface area (Å²) in [6.07, 6.45) is 1.14. The van der Waals surface area contributed by atoms with E-state index in [-0.39, 0.29) is 0 Å². The number of nitrogens with two attached hydrogens (primary N) is 1. The molecule has 6 heteroatoms. The molecule has 0 aliphatic heterocycles. The molecule has 1 aliphatic rings. The number of methoxy groups -OCH3 is 2. The van der Waals surface area contributed by atoms with E-state index < -0.39 is 0 Å². The second kappa shape index (κ2) is 7.10. The zero-order valence-electron chi connectivity index (χ0n) is 13.2.